The quantitative estimate of drug-likeness (QED) is 0.423. The molecule has 1 aliphatic heterocycles. The van der Waals surface area contributed by atoms with Crippen LogP contribution in [0.2, 0.25) is 0 Å². The van der Waals surface area contributed by atoms with Crippen LogP contribution in [0.25, 0.3) is 11.4 Å². The van der Waals surface area contributed by atoms with Crippen molar-refractivity contribution in [1.29, 1.82) is 0 Å². The summed E-state index contributed by atoms with van der Waals surface area (Å²) in [6.45, 7) is 0. The topological polar surface area (TPSA) is 86.4 Å². The van der Waals surface area contributed by atoms with Crippen LogP contribution in [0, 0.1) is 0 Å². The Bertz CT molecular complexity index is 950. The molecule has 0 fully saturated rings. The standard InChI is InChI=1S/C21H21N5O/c1-26(27)18-8-4-16(5-9-18)21-24-19(14-2-6-17(22)7-3-14)20(25-21)15-10-12-23-13-11-15/h2-13,21,24-25,27H,22H2,1H3. The third-order valence-corrected chi connectivity index (χ3v) is 4.60. The van der Waals surface area contributed by atoms with Crippen molar-refractivity contribution < 1.29 is 5.21 Å². The molecule has 0 radical (unpaired) electrons. The summed E-state index contributed by atoms with van der Waals surface area (Å²) in [5.74, 6) is 0. The molecule has 0 aliphatic carbocycles. The second-order valence-electron chi connectivity index (χ2n) is 6.44. The number of aromatic nitrogens is 1. The highest BCUT2D eigenvalue weighted by Gasteiger charge is 2.25. The third kappa shape index (κ3) is 3.43. The number of nitrogens with one attached hydrogen (secondary N) is 2. The van der Waals surface area contributed by atoms with E-state index in [0.29, 0.717) is 0 Å². The molecule has 6 heteroatoms. The molecule has 136 valence electrons. The van der Waals surface area contributed by atoms with E-state index < -0.39 is 0 Å². The van der Waals surface area contributed by atoms with Gasteiger partial charge in [0.05, 0.1) is 17.1 Å². The number of anilines is 2. The van der Waals surface area contributed by atoms with Crippen LogP contribution in [0.15, 0.2) is 73.1 Å². The van der Waals surface area contributed by atoms with E-state index >= 15 is 0 Å². The Morgan fingerprint density at radius 2 is 1.41 bits per heavy atom. The molecular weight excluding hydrogens is 338 g/mol. The SMILES string of the molecule is CN(O)c1ccc(C2NC(c3ccncc3)=C(c3ccc(N)cc3)N2)cc1. The van der Waals surface area contributed by atoms with E-state index in [9.17, 15) is 5.21 Å². The fraction of sp³-hybridized carbons (Fsp3) is 0.0952. The van der Waals surface area contributed by atoms with E-state index in [2.05, 4.69) is 15.6 Å². The minimum atomic E-state index is -0.0845. The highest BCUT2D eigenvalue weighted by molar-refractivity contribution is 5.91. The first-order chi connectivity index (χ1) is 13.1. The lowest BCUT2D eigenvalue weighted by Crippen LogP contribution is -2.23. The van der Waals surface area contributed by atoms with Crippen LogP contribution in [0.5, 0.6) is 0 Å². The highest BCUT2D eigenvalue weighted by atomic mass is 16.5. The summed E-state index contributed by atoms with van der Waals surface area (Å²) in [6.07, 6.45) is 3.48. The summed E-state index contributed by atoms with van der Waals surface area (Å²) < 4.78 is 0. The molecule has 2 heterocycles. The van der Waals surface area contributed by atoms with Crippen molar-refractivity contribution in [3.05, 3.63) is 89.7 Å². The van der Waals surface area contributed by atoms with Gasteiger partial charge in [0.25, 0.3) is 0 Å². The van der Waals surface area contributed by atoms with Crippen LogP contribution in [-0.4, -0.2) is 17.2 Å². The van der Waals surface area contributed by atoms with Gasteiger partial charge in [0.1, 0.15) is 6.17 Å². The normalized spacial score (nSPS) is 16.0. The van der Waals surface area contributed by atoms with E-state index in [1.165, 1.54) is 0 Å². The van der Waals surface area contributed by atoms with E-state index in [4.69, 9.17) is 5.73 Å². The van der Waals surface area contributed by atoms with Crippen LogP contribution in [0.4, 0.5) is 11.4 Å². The number of nitrogens with two attached hydrogens (primary N) is 1. The number of hydrogen-bond acceptors (Lipinski definition) is 6. The van der Waals surface area contributed by atoms with Gasteiger partial charge < -0.3 is 16.4 Å². The molecule has 2 aromatic carbocycles. The van der Waals surface area contributed by atoms with Crippen molar-refractivity contribution in [3.63, 3.8) is 0 Å². The molecule has 1 unspecified atom stereocenters. The fourth-order valence-corrected chi connectivity index (χ4v) is 3.14. The number of hydrogen-bond donors (Lipinski definition) is 4. The van der Waals surface area contributed by atoms with Crippen LogP contribution < -0.4 is 21.4 Å². The van der Waals surface area contributed by atoms with E-state index in [-0.39, 0.29) is 6.17 Å². The van der Waals surface area contributed by atoms with Crippen molar-refractivity contribution in [2.24, 2.45) is 0 Å². The molecule has 1 aromatic heterocycles. The van der Waals surface area contributed by atoms with Crippen molar-refractivity contribution in [2.75, 3.05) is 17.8 Å². The summed E-state index contributed by atoms with van der Waals surface area (Å²) in [4.78, 5) is 4.11. The monoisotopic (exact) mass is 359 g/mol. The smallest absolute Gasteiger partial charge is 0.123 e. The van der Waals surface area contributed by atoms with Gasteiger partial charge in [-0.15, -0.1) is 0 Å². The Hall–Kier alpha value is -3.51. The predicted octanol–water partition coefficient (Wildman–Crippen LogP) is 3.21. The van der Waals surface area contributed by atoms with Crippen molar-refractivity contribution in [1.82, 2.24) is 15.6 Å². The minimum absolute atomic E-state index is 0.0845. The lowest BCUT2D eigenvalue weighted by atomic mass is 10.1. The Morgan fingerprint density at radius 3 is 1.96 bits per heavy atom. The molecule has 0 bridgehead atoms. The molecule has 6 nitrogen and oxygen atoms in total. The Labute approximate surface area is 157 Å². The van der Waals surface area contributed by atoms with Crippen LogP contribution >= 0.6 is 0 Å². The maximum atomic E-state index is 9.56. The number of rotatable bonds is 4. The molecule has 5 N–H and O–H groups in total. The molecule has 0 saturated heterocycles. The lowest BCUT2D eigenvalue weighted by molar-refractivity contribution is 0.279. The summed E-state index contributed by atoms with van der Waals surface area (Å²) in [5, 5.41) is 17.8. The first-order valence-electron chi connectivity index (χ1n) is 8.68. The number of benzene rings is 2. The molecular formula is C21H21N5O. The Kier molecular flexibility index (Phi) is 4.40. The first kappa shape index (κ1) is 16.9. The number of pyridine rings is 1. The molecule has 4 rings (SSSR count). The summed E-state index contributed by atoms with van der Waals surface area (Å²) in [5.41, 5.74) is 12.5. The van der Waals surface area contributed by atoms with Crippen LogP contribution in [0.3, 0.4) is 0 Å². The van der Waals surface area contributed by atoms with Gasteiger partial charge in [0.2, 0.25) is 0 Å². The van der Waals surface area contributed by atoms with E-state index in [1.807, 2.05) is 60.7 Å². The molecule has 3 aromatic rings. The predicted molar refractivity (Wildman–Crippen MR) is 108 cm³/mol. The molecule has 0 saturated carbocycles. The largest absolute Gasteiger partial charge is 0.399 e. The maximum absolute atomic E-state index is 9.56. The minimum Gasteiger partial charge on any atom is -0.399 e. The van der Waals surface area contributed by atoms with Crippen molar-refractivity contribution >= 4 is 22.8 Å². The van der Waals surface area contributed by atoms with Gasteiger partial charge in [-0.1, -0.05) is 24.3 Å². The first-order valence-corrected chi connectivity index (χ1v) is 8.68. The number of nitrogens with zero attached hydrogens (tertiary/aromatic N) is 2. The van der Waals surface area contributed by atoms with Crippen molar-refractivity contribution in [3.8, 4) is 0 Å². The van der Waals surface area contributed by atoms with Gasteiger partial charge >= 0.3 is 0 Å². The summed E-state index contributed by atoms with van der Waals surface area (Å²) in [7, 11) is 1.60. The van der Waals surface area contributed by atoms with E-state index in [1.54, 1.807) is 19.4 Å². The average Bonchev–Trinajstić information content (AvgIpc) is 3.15. The van der Waals surface area contributed by atoms with Gasteiger partial charge in [-0.05, 0) is 47.5 Å². The Morgan fingerprint density at radius 1 is 0.852 bits per heavy atom. The van der Waals surface area contributed by atoms with Crippen molar-refractivity contribution in [2.45, 2.75) is 6.17 Å². The zero-order chi connectivity index (χ0) is 18.8. The zero-order valence-electron chi connectivity index (χ0n) is 14.9. The second kappa shape index (κ2) is 7.01. The van der Waals surface area contributed by atoms with Gasteiger partial charge in [-0.25, -0.2) is 0 Å². The number of hydroxylamine groups is 1. The average molecular weight is 359 g/mol. The van der Waals surface area contributed by atoms with Gasteiger partial charge in [0, 0.05) is 30.7 Å². The van der Waals surface area contributed by atoms with Crippen LogP contribution in [-0.2, 0) is 0 Å². The maximum Gasteiger partial charge on any atom is 0.123 e. The van der Waals surface area contributed by atoms with Gasteiger partial charge in [-0.2, -0.15) is 0 Å². The number of nitrogen functional groups attached to an aromatic ring is 1. The third-order valence-electron chi connectivity index (χ3n) is 4.60. The highest BCUT2D eigenvalue weighted by Crippen LogP contribution is 2.32. The molecule has 27 heavy (non-hydrogen) atoms. The van der Waals surface area contributed by atoms with Gasteiger partial charge in [-0.3, -0.25) is 15.3 Å². The summed E-state index contributed by atoms with van der Waals surface area (Å²) in [6, 6.07) is 19.5. The lowest BCUT2D eigenvalue weighted by Gasteiger charge is -2.17. The zero-order valence-corrected chi connectivity index (χ0v) is 14.9. The fourth-order valence-electron chi connectivity index (χ4n) is 3.14. The molecule has 1 aliphatic rings. The van der Waals surface area contributed by atoms with Gasteiger partial charge in [0.15, 0.2) is 0 Å². The van der Waals surface area contributed by atoms with E-state index in [0.717, 1.165) is 44.5 Å². The van der Waals surface area contributed by atoms with Crippen LogP contribution in [0.1, 0.15) is 22.9 Å². The molecule has 0 amide bonds. The summed E-state index contributed by atoms with van der Waals surface area (Å²) >= 11 is 0. The Balaban J connectivity index is 1.69. The second-order valence-corrected chi connectivity index (χ2v) is 6.44. The molecule has 0 spiro atoms. The molecule has 1 atom stereocenters.